The van der Waals surface area contributed by atoms with Crippen LogP contribution < -0.4 is 26.0 Å². The lowest BCUT2D eigenvalue weighted by Gasteiger charge is -2.45. The van der Waals surface area contributed by atoms with E-state index < -0.39 is 150 Å². The summed E-state index contributed by atoms with van der Waals surface area (Å²) in [6, 6.07) is 10.5. The molecule has 4 N–H and O–H groups in total. The third-order valence-electron chi connectivity index (χ3n) is 18.8. The van der Waals surface area contributed by atoms with E-state index in [-0.39, 0.29) is 44.6 Å². The summed E-state index contributed by atoms with van der Waals surface area (Å²) in [5.41, 5.74) is 1.94. The van der Waals surface area contributed by atoms with Gasteiger partial charge in [0.05, 0.1) is 20.1 Å². The number of likely N-dealkylation sites (N-methyl/N-ethyl adjacent to an activating group) is 6. The highest BCUT2D eigenvalue weighted by atomic mass is 127. The topological polar surface area (TPSA) is 288 Å². The molecule has 0 aromatic heterocycles. The summed E-state index contributed by atoms with van der Waals surface area (Å²) in [7, 11) is 9.92. The molecule has 25 nitrogen and oxygen atoms in total. The van der Waals surface area contributed by atoms with Crippen molar-refractivity contribution in [1.29, 1.82) is 0 Å². The van der Waals surface area contributed by atoms with Gasteiger partial charge in [-0.05, 0) is 122 Å². The molecule has 3 saturated heterocycles. The van der Waals surface area contributed by atoms with Crippen molar-refractivity contribution in [2.24, 2.45) is 11.8 Å². The van der Waals surface area contributed by atoms with Crippen molar-refractivity contribution in [2.75, 3.05) is 75.6 Å². The van der Waals surface area contributed by atoms with Crippen molar-refractivity contribution in [3.05, 3.63) is 99.1 Å². The molecule has 0 aliphatic carbocycles. The van der Waals surface area contributed by atoms with Crippen LogP contribution in [0.25, 0.3) is 0 Å². The van der Waals surface area contributed by atoms with Gasteiger partial charge in [-0.1, -0.05) is 88.7 Å². The molecular weight excluding hydrogens is 1330 g/mol. The number of benzene rings is 3. The van der Waals surface area contributed by atoms with E-state index >= 15 is 9.59 Å². The van der Waals surface area contributed by atoms with Crippen LogP contribution in [-0.2, 0) is 76.8 Å². The minimum Gasteiger partial charge on any atom is -0.497 e. The van der Waals surface area contributed by atoms with Crippen LogP contribution in [0.2, 0.25) is 0 Å². The van der Waals surface area contributed by atoms with E-state index in [1.807, 2.05) is 32.9 Å². The van der Waals surface area contributed by atoms with Gasteiger partial charge in [0.1, 0.15) is 66.2 Å². The maximum absolute atomic E-state index is 15.1. The molecule has 3 aromatic rings. The molecule has 26 heteroatoms. The van der Waals surface area contributed by atoms with Gasteiger partial charge < -0.3 is 65.2 Å². The largest absolute Gasteiger partial charge is 0.497 e. The Bertz CT molecular complexity index is 3260. The van der Waals surface area contributed by atoms with Gasteiger partial charge in [-0.2, -0.15) is 0 Å². The van der Waals surface area contributed by atoms with Crippen molar-refractivity contribution in [3.8, 4) is 5.75 Å². The van der Waals surface area contributed by atoms with Crippen LogP contribution in [0.15, 0.2) is 78.9 Å². The molecule has 0 bridgehead atoms. The SMILES string of the molecule is CC[C@H](C)[C@@H]1NC(=O)[C@H](C)N(C)C(=O)C[C@@H](C(=O)N2CCCC2)N(C)C(=O)[C@H](CC(C)C)NC(=O)[C@H](Cc2ccccc2)N(C)C(=O)[C@H](C)NC(=O)[C@H](Cc2cccc(I)c2)NC(=O)CN(C)C(=O)[C@H](Cc2ccc(OC)cc2)N(C)C(=O)[C@@H]2CCN2C(=O)[C@H](C)N(C)C1=O. The maximum atomic E-state index is 15.1. The third kappa shape index (κ3) is 19.5. The molecule has 3 aliphatic rings. The van der Waals surface area contributed by atoms with Crippen LogP contribution in [0.1, 0.15) is 104 Å². The Morgan fingerprint density at radius 3 is 1.78 bits per heavy atom. The van der Waals surface area contributed by atoms with Crippen molar-refractivity contribution in [3.63, 3.8) is 0 Å². The molecule has 12 amide bonds. The number of halogens is 1. The van der Waals surface area contributed by atoms with Gasteiger partial charge in [-0.3, -0.25) is 57.5 Å². The summed E-state index contributed by atoms with van der Waals surface area (Å²) in [5.74, 6) is -8.16. The molecule has 0 unspecified atom stereocenters. The van der Waals surface area contributed by atoms with Crippen molar-refractivity contribution in [1.82, 2.24) is 60.5 Å². The fourth-order valence-corrected chi connectivity index (χ4v) is 12.6. The maximum Gasteiger partial charge on any atom is 0.245 e. The molecule has 0 radical (unpaired) electrons. The number of methoxy groups -OCH3 is 1. The lowest BCUT2D eigenvalue weighted by Crippen LogP contribution is -2.65. The highest BCUT2D eigenvalue weighted by Gasteiger charge is 2.46. The summed E-state index contributed by atoms with van der Waals surface area (Å²) in [6.07, 6.45) is 1.40. The molecule has 95 heavy (non-hydrogen) atoms. The van der Waals surface area contributed by atoms with Crippen LogP contribution in [0.4, 0.5) is 0 Å². The van der Waals surface area contributed by atoms with Crippen LogP contribution >= 0.6 is 22.6 Å². The Balaban J connectivity index is 1.41. The lowest BCUT2D eigenvalue weighted by molar-refractivity contribution is -0.160. The zero-order chi connectivity index (χ0) is 70.3. The van der Waals surface area contributed by atoms with Gasteiger partial charge in [-0.15, -0.1) is 0 Å². The number of rotatable bonds is 12. The zero-order valence-corrected chi connectivity index (χ0v) is 59.5. The van der Waals surface area contributed by atoms with Gasteiger partial charge in [0, 0.05) is 84.8 Å². The smallest absolute Gasteiger partial charge is 0.245 e. The van der Waals surface area contributed by atoms with E-state index in [9.17, 15) is 47.9 Å². The summed E-state index contributed by atoms with van der Waals surface area (Å²) in [4.78, 5) is 186. The van der Waals surface area contributed by atoms with Gasteiger partial charge in [-0.25, -0.2) is 0 Å². The number of amides is 12. The standard InChI is InChI=1S/C69H97IN12O13/c1-15-42(4)59-69(94)77(10)45(7)64(89)82-33-30-53(82)67(92)80(13)55(38-47-26-28-50(95-14)29-27-47)66(91)75(8)40-57(83)72-51(36-48-24-21-25-49(70)35-48)61(86)71-43(5)63(88)78(11)54(37-46-22-17-16-18-23-46)62(87)73-52(34-41(2)3)65(90)79(12)56(68(93)81-31-19-20-32-81)39-58(84)76(9)44(6)60(85)74-59/h16-18,21-29,35,41-45,51-56,59H,15,19-20,30-34,36-40H2,1-14H3,(H,71,86)(H,72,83)(H,73,87)(H,74,85)/t42-,43-,44-,45-,51-,52-,53-,54-,55-,56-,59-/m0/s1. The first-order valence-corrected chi connectivity index (χ1v) is 33.7. The lowest BCUT2D eigenvalue weighted by atomic mass is 9.95. The number of hydrogen-bond acceptors (Lipinski definition) is 13. The second kappa shape index (κ2) is 34.5. The average molecular weight is 1430 g/mol. The Kier molecular flexibility index (Phi) is 27.5. The third-order valence-corrected chi connectivity index (χ3v) is 19.4. The minimum atomic E-state index is -1.40. The molecule has 6 rings (SSSR count). The summed E-state index contributed by atoms with van der Waals surface area (Å²) < 4.78 is 6.21. The van der Waals surface area contributed by atoms with Gasteiger partial charge in [0.25, 0.3) is 0 Å². The molecule has 11 atom stereocenters. The number of likely N-dealkylation sites (tertiary alicyclic amines) is 1. The fraction of sp³-hybridized carbons (Fsp3) is 0.565. The number of carbonyl (C=O) groups excluding carboxylic acids is 12. The Morgan fingerprint density at radius 1 is 0.579 bits per heavy atom. The second-order valence-electron chi connectivity index (χ2n) is 26.0. The van der Waals surface area contributed by atoms with Crippen molar-refractivity contribution >= 4 is 93.5 Å². The van der Waals surface area contributed by atoms with Crippen molar-refractivity contribution in [2.45, 2.75) is 167 Å². The Morgan fingerprint density at radius 2 is 1.19 bits per heavy atom. The highest BCUT2D eigenvalue weighted by Crippen LogP contribution is 2.26. The monoisotopic (exact) mass is 1430 g/mol. The number of nitrogens with one attached hydrogen (secondary N) is 4. The predicted octanol–water partition coefficient (Wildman–Crippen LogP) is 2.64. The van der Waals surface area contributed by atoms with Crippen LogP contribution in [0.3, 0.4) is 0 Å². The normalized spacial score (nSPS) is 25.8. The van der Waals surface area contributed by atoms with Crippen LogP contribution in [0, 0.1) is 15.4 Å². The minimum absolute atomic E-state index is 0.0323. The molecule has 3 aromatic carbocycles. The highest BCUT2D eigenvalue weighted by molar-refractivity contribution is 14.1. The quantitative estimate of drug-likeness (QED) is 0.190. The number of nitrogens with zero attached hydrogens (tertiary/aromatic N) is 8. The number of ether oxygens (including phenoxy) is 1. The Hall–Kier alpha value is -8.17. The average Bonchev–Trinajstić information content (AvgIpc) is 1.07. The van der Waals surface area contributed by atoms with Gasteiger partial charge in [0.15, 0.2) is 0 Å². The predicted molar refractivity (Wildman–Crippen MR) is 364 cm³/mol. The first-order valence-electron chi connectivity index (χ1n) is 32.7. The molecule has 0 saturated carbocycles. The van der Waals surface area contributed by atoms with Crippen molar-refractivity contribution < 1.29 is 62.3 Å². The molecule has 518 valence electrons. The first-order chi connectivity index (χ1) is 44.9. The van der Waals surface area contributed by atoms with Crippen LogP contribution in [-0.4, -0.2) is 246 Å². The number of carbonyl (C=O) groups is 12. The van der Waals surface area contributed by atoms with Gasteiger partial charge >= 0.3 is 0 Å². The van der Waals surface area contributed by atoms with E-state index in [1.165, 1.54) is 89.8 Å². The molecule has 3 aliphatic heterocycles. The summed E-state index contributed by atoms with van der Waals surface area (Å²) in [6.45, 7) is 12.0. The molecule has 0 spiro atoms. The van der Waals surface area contributed by atoms with E-state index in [4.69, 9.17) is 4.74 Å². The number of fused-ring (bicyclic) bond motifs is 1. The first kappa shape index (κ1) is 75.9. The van der Waals surface area contributed by atoms with Crippen LogP contribution in [0.5, 0.6) is 5.75 Å². The number of hydrogen-bond donors (Lipinski definition) is 4. The van der Waals surface area contributed by atoms with E-state index in [0.717, 1.165) is 18.3 Å². The summed E-state index contributed by atoms with van der Waals surface area (Å²) >= 11 is 2.12. The van der Waals surface area contributed by atoms with Gasteiger partial charge in [0.2, 0.25) is 70.9 Å². The molecule has 3 fully saturated rings. The Labute approximate surface area is 572 Å². The molecule has 3 heterocycles. The second-order valence-corrected chi connectivity index (χ2v) is 27.2. The summed E-state index contributed by atoms with van der Waals surface area (Å²) in [5, 5.41) is 11.3. The van der Waals surface area contributed by atoms with E-state index in [0.29, 0.717) is 54.8 Å². The van der Waals surface area contributed by atoms with E-state index in [2.05, 4.69) is 43.9 Å². The molecular formula is C69H97IN12O13. The van der Waals surface area contributed by atoms with E-state index in [1.54, 1.807) is 78.6 Å². The fourth-order valence-electron chi connectivity index (χ4n) is 12.0. The zero-order valence-electron chi connectivity index (χ0n) is 57.4.